The van der Waals surface area contributed by atoms with Gasteiger partial charge in [-0.2, -0.15) is 0 Å². The molecule has 0 spiro atoms. The molecule has 2 rings (SSSR count). The Bertz CT molecular complexity index is 190. The van der Waals surface area contributed by atoms with Crippen LogP contribution in [-0.4, -0.2) is 0 Å². The topological polar surface area (TPSA) is 0 Å². The molecule has 1 saturated carbocycles. The first kappa shape index (κ1) is 8.34. The van der Waals surface area contributed by atoms with Gasteiger partial charge in [-0.05, 0) is 43.9 Å². The first-order chi connectivity index (χ1) is 5.77. The Kier molecular flexibility index (Phi) is 2.25. The average Bonchev–Trinajstić information content (AvgIpc) is 2.07. The van der Waals surface area contributed by atoms with E-state index in [1.165, 1.54) is 32.1 Å². The summed E-state index contributed by atoms with van der Waals surface area (Å²) in [5.74, 6) is 2.86. The first-order valence-electron chi connectivity index (χ1n) is 5.45. The average molecular weight is 164 g/mol. The van der Waals surface area contributed by atoms with Crippen LogP contribution in [0, 0.1) is 17.8 Å². The van der Waals surface area contributed by atoms with Crippen molar-refractivity contribution in [3.8, 4) is 0 Å². The van der Waals surface area contributed by atoms with Gasteiger partial charge in [0.15, 0.2) is 0 Å². The van der Waals surface area contributed by atoms with Crippen molar-refractivity contribution in [3.05, 3.63) is 11.6 Å². The molecule has 0 aromatic rings. The lowest BCUT2D eigenvalue weighted by Crippen LogP contribution is -2.24. The predicted octanol–water partition coefficient (Wildman–Crippen LogP) is 3.78. The summed E-state index contributed by atoms with van der Waals surface area (Å²) in [6, 6.07) is 0. The standard InChI is InChI=1S/C12H20/c1-9-7-11-5-3-4-6-12(11)8-10(9)2/h7,10-12H,3-6,8H2,1-2H3. The van der Waals surface area contributed by atoms with E-state index in [4.69, 9.17) is 0 Å². The molecule has 0 nitrogen and oxygen atoms in total. The summed E-state index contributed by atoms with van der Waals surface area (Å²) in [5, 5.41) is 0. The van der Waals surface area contributed by atoms with E-state index in [0.717, 1.165) is 17.8 Å². The Morgan fingerprint density at radius 1 is 1.25 bits per heavy atom. The number of hydrogen-bond acceptors (Lipinski definition) is 0. The molecule has 12 heavy (non-hydrogen) atoms. The molecule has 0 heterocycles. The van der Waals surface area contributed by atoms with Gasteiger partial charge in [-0.3, -0.25) is 0 Å². The second kappa shape index (κ2) is 3.24. The first-order valence-corrected chi connectivity index (χ1v) is 5.45. The molecular weight excluding hydrogens is 144 g/mol. The minimum absolute atomic E-state index is 0.865. The zero-order valence-electron chi connectivity index (χ0n) is 8.34. The quantitative estimate of drug-likeness (QED) is 0.478. The Labute approximate surface area is 76.1 Å². The minimum atomic E-state index is 0.865. The summed E-state index contributed by atoms with van der Waals surface area (Å²) >= 11 is 0. The third-order valence-corrected chi connectivity index (χ3v) is 3.88. The largest absolute Gasteiger partial charge is 0.0819 e. The van der Waals surface area contributed by atoms with Gasteiger partial charge in [-0.25, -0.2) is 0 Å². The van der Waals surface area contributed by atoms with E-state index >= 15 is 0 Å². The van der Waals surface area contributed by atoms with Crippen LogP contribution < -0.4 is 0 Å². The van der Waals surface area contributed by atoms with Crippen molar-refractivity contribution in [1.29, 1.82) is 0 Å². The molecule has 2 aliphatic rings. The Morgan fingerprint density at radius 2 is 2.00 bits per heavy atom. The van der Waals surface area contributed by atoms with Crippen LogP contribution >= 0.6 is 0 Å². The van der Waals surface area contributed by atoms with Crippen molar-refractivity contribution in [3.63, 3.8) is 0 Å². The van der Waals surface area contributed by atoms with E-state index in [1.54, 1.807) is 5.57 Å². The van der Waals surface area contributed by atoms with Gasteiger partial charge in [0.2, 0.25) is 0 Å². The Balaban J connectivity index is 2.12. The van der Waals surface area contributed by atoms with Crippen LogP contribution in [0.4, 0.5) is 0 Å². The van der Waals surface area contributed by atoms with E-state index in [2.05, 4.69) is 19.9 Å². The van der Waals surface area contributed by atoms with Gasteiger partial charge in [0, 0.05) is 0 Å². The molecule has 68 valence electrons. The molecule has 0 saturated heterocycles. The highest BCUT2D eigenvalue weighted by atomic mass is 14.3. The Morgan fingerprint density at radius 3 is 2.83 bits per heavy atom. The van der Waals surface area contributed by atoms with Crippen LogP contribution in [0.25, 0.3) is 0 Å². The lowest BCUT2D eigenvalue weighted by Gasteiger charge is -2.36. The van der Waals surface area contributed by atoms with Gasteiger partial charge < -0.3 is 0 Å². The number of allylic oxidation sites excluding steroid dienone is 2. The predicted molar refractivity (Wildman–Crippen MR) is 53.0 cm³/mol. The lowest BCUT2D eigenvalue weighted by atomic mass is 9.69. The third-order valence-electron chi connectivity index (χ3n) is 3.88. The number of hydrogen-bond donors (Lipinski definition) is 0. The molecular formula is C12H20. The van der Waals surface area contributed by atoms with Crippen molar-refractivity contribution in [2.75, 3.05) is 0 Å². The summed E-state index contributed by atoms with van der Waals surface area (Å²) in [6.45, 7) is 4.70. The highest BCUT2D eigenvalue weighted by molar-refractivity contribution is 5.11. The monoisotopic (exact) mass is 164 g/mol. The summed E-state index contributed by atoms with van der Waals surface area (Å²) in [4.78, 5) is 0. The van der Waals surface area contributed by atoms with Gasteiger partial charge in [-0.15, -0.1) is 0 Å². The summed E-state index contributed by atoms with van der Waals surface area (Å²) in [7, 11) is 0. The van der Waals surface area contributed by atoms with Crippen LogP contribution in [-0.2, 0) is 0 Å². The molecule has 2 aliphatic carbocycles. The molecule has 3 atom stereocenters. The van der Waals surface area contributed by atoms with Crippen LogP contribution in [0.15, 0.2) is 11.6 Å². The molecule has 3 unspecified atom stereocenters. The second-order valence-corrected chi connectivity index (χ2v) is 4.76. The molecule has 0 aromatic carbocycles. The zero-order valence-corrected chi connectivity index (χ0v) is 8.34. The molecule has 0 bridgehead atoms. The molecule has 1 fully saturated rings. The van der Waals surface area contributed by atoms with E-state index < -0.39 is 0 Å². The van der Waals surface area contributed by atoms with Crippen LogP contribution in [0.1, 0.15) is 46.0 Å². The van der Waals surface area contributed by atoms with Gasteiger partial charge in [0.25, 0.3) is 0 Å². The lowest BCUT2D eigenvalue weighted by molar-refractivity contribution is 0.230. The van der Waals surface area contributed by atoms with Crippen LogP contribution in [0.5, 0.6) is 0 Å². The van der Waals surface area contributed by atoms with E-state index in [0.29, 0.717) is 0 Å². The van der Waals surface area contributed by atoms with Crippen molar-refractivity contribution in [2.24, 2.45) is 17.8 Å². The van der Waals surface area contributed by atoms with Crippen molar-refractivity contribution < 1.29 is 0 Å². The van der Waals surface area contributed by atoms with Crippen molar-refractivity contribution >= 4 is 0 Å². The summed E-state index contributed by atoms with van der Waals surface area (Å²) < 4.78 is 0. The zero-order chi connectivity index (χ0) is 8.55. The Hall–Kier alpha value is -0.260. The highest BCUT2D eigenvalue weighted by Crippen LogP contribution is 2.41. The van der Waals surface area contributed by atoms with E-state index in [9.17, 15) is 0 Å². The third kappa shape index (κ3) is 1.44. The maximum atomic E-state index is 2.57. The van der Waals surface area contributed by atoms with E-state index in [1.807, 2.05) is 0 Å². The van der Waals surface area contributed by atoms with E-state index in [-0.39, 0.29) is 0 Å². The van der Waals surface area contributed by atoms with Crippen LogP contribution in [0.3, 0.4) is 0 Å². The van der Waals surface area contributed by atoms with Crippen LogP contribution in [0.2, 0.25) is 0 Å². The molecule has 0 amide bonds. The fourth-order valence-corrected chi connectivity index (χ4v) is 2.89. The normalized spacial score (nSPS) is 41.8. The fourth-order valence-electron chi connectivity index (χ4n) is 2.89. The molecule has 0 heteroatoms. The number of fused-ring (bicyclic) bond motifs is 1. The molecule has 0 N–H and O–H groups in total. The number of rotatable bonds is 0. The maximum Gasteiger partial charge on any atom is -0.0202 e. The van der Waals surface area contributed by atoms with Gasteiger partial charge in [0.05, 0.1) is 0 Å². The highest BCUT2D eigenvalue weighted by Gasteiger charge is 2.28. The minimum Gasteiger partial charge on any atom is -0.0819 e. The van der Waals surface area contributed by atoms with Crippen molar-refractivity contribution in [2.45, 2.75) is 46.0 Å². The fraction of sp³-hybridized carbons (Fsp3) is 0.833. The van der Waals surface area contributed by atoms with Gasteiger partial charge in [-0.1, -0.05) is 31.4 Å². The molecule has 0 radical (unpaired) electrons. The smallest absolute Gasteiger partial charge is 0.0202 e. The molecule has 0 aliphatic heterocycles. The second-order valence-electron chi connectivity index (χ2n) is 4.76. The molecule has 0 aromatic heterocycles. The summed E-state index contributed by atoms with van der Waals surface area (Å²) in [6.07, 6.45) is 9.96. The maximum absolute atomic E-state index is 2.57. The van der Waals surface area contributed by atoms with Gasteiger partial charge in [0.1, 0.15) is 0 Å². The van der Waals surface area contributed by atoms with Gasteiger partial charge >= 0.3 is 0 Å². The van der Waals surface area contributed by atoms with Crippen molar-refractivity contribution in [1.82, 2.24) is 0 Å². The SMILES string of the molecule is CC1=CC2CCCCC2CC1C. The summed E-state index contributed by atoms with van der Waals surface area (Å²) in [5.41, 5.74) is 1.65.